The number of halogens is 1. The maximum atomic E-state index is 12.6. The number of amides is 1. The smallest absolute Gasteiger partial charge is 0.240 e. The molecule has 1 heterocycles. The Labute approximate surface area is 163 Å². The molecule has 0 spiro atoms. The third-order valence-corrected chi connectivity index (χ3v) is 5.68. The molecule has 7 nitrogen and oxygen atoms in total. The minimum Gasteiger partial charge on any atom is -0.378 e. The van der Waals surface area contributed by atoms with Crippen LogP contribution in [0.1, 0.15) is 33.1 Å². The van der Waals surface area contributed by atoms with E-state index in [2.05, 4.69) is 15.5 Å². The van der Waals surface area contributed by atoms with E-state index in [1.807, 2.05) is 32.9 Å². The van der Waals surface area contributed by atoms with Crippen LogP contribution in [0.5, 0.6) is 0 Å². The van der Waals surface area contributed by atoms with E-state index in [-0.39, 0.29) is 12.0 Å². The largest absolute Gasteiger partial charge is 0.378 e. The van der Waals surface area contributed by atoms with Gasteiger partial charge in [0.15, 0.2) is 0 Å². The Balaban J connectivity index is 1.53. The van der Waals surface area contributed by atoms with Gasteiger partial charge in [-0.05, 0) is 31.2 Å². The number of nitrogens with zero attached hydrogens (tertiary/aromatic N) is 2. The van der Waals surface area contributed by atoms with Crippen LogP contribution in [-0.4, -0.2) is 40.8 Å². The van der Waals surface area contributed by atoms with Crippen LogP contribution in [0.2, 0.25) is 5.02 Å². The molecule has 146 valence electrons. The number of aromatic nitrogens is 2. The molecule has 1 fully saturated rings. The Kier molecular flexibility index (Phi) is 5.55. The minimum absolute atomic E-state index is 0.00359. The summed E-state index contributed by atoms with van der Waals surface area (Å²) in [6.07, 6.45) is 0.940. The summed E-state index contributed by atoms with van der Waals surface area (Å²) in [6.45, 7) is 6.85. The van der Waals surface area contributed by atoms with Crippen LogP contribution in [0.3, 0.4) is 0 Å². The standard InChI is InChI=1S/C19H25ClN4O3/c1-4-26-14-11-19(21,18(14,2)3)17(25)22-10-9-15-23-16(24-27-15)12-5-7-13(20)8-6-12/h5-8,14H,4,9-11,21H2,1-3H3,(H,22,25). The number of rotatable bonds is 7. The molecule has 8 heteroatoms. The fraction of sp³-hybridized carbons (Fsp3) is 0.526. The second-order valence-corrected chi connectivity index (χ2v) is 7.80. The van der Waals surface area contributed by atoms with Crippen LogP contribution in [0.4, 0.5) is 0 Å². The highest BCUT2D eigenvalue weighted by Gasteiger charge is 2.62. The van der Waals surface area contributed by atoms with E-state index in [4.69, 9.17) is 26.6 Å². The normalized spacial score (nSPS) is 23.7. The summed E-state index contributed by atoms with van der Waals surface area (Å²) in [5.41, 5.74) is 5.83. The van der Waals surface area contributed by atoms with Gasteiger partial charge in [0.05, 0.1) is 6.10 Å². The molecular weight excluding hydrogens is 368 g/mol. The Hall–Kier alpha value is -1.96. The third-order valence-electron chi connectivity index (χ3n) is 5.43. The van der Waals surface area contributed by atoms with Crippen LogP contribution < -0.4 is 11.1 Å². The van der Waals surface area contributed by atoms with E-state index in [0.717, 1.165) is 5.56 Å². The lowest BCUT2D eigenvalue weighted by atomic mass is 9.54. The molecule has 1 aromatic heterocycles. The lowest BCUT2D eigenvalue weighted by Crippen LogP contribution is -2.75. The van der Waals surface area contributed by atoms with Crippen molar-refractivity contribution in [3.05, 3.63) is 35.2 Å². The summed E-state index contributed by atoms with van der Waals surface area (Å²) in [7, 11) is 0. The van der Waals surface area contributed by atoms with Crippen molar-refractivity contribution >= 4 is 17.5 Å². The molecular formula is C19H25ClN4O3. The molecule has 1 saturated carbocycles. The van der Waals surface area contributed by atoms with Gasteiger partial charge in [-0.25, -0.2) is 0 Å². The van der Waals surface area contributed by atoms with Gasteiger partial charge >= 0.3 is 0 Å². The summed E-state index contributed by atoms with van der Waals surface area (Å²) in [6, 6.07) is 7.18. The van der Waals surface area contributed by atoms with Crippen LogP contribution >= 0.6 is 11.6 Å². The highest BCUT2D eigenvalue weighted by Crippen LogP contribution is 2.49. The van der Waals surface area contributed by atoms with E-state index >= 15 is 0 Å². The number of benzene rings is 1. The molecule has 2 aromatic rings. The van der Waals surface area contributed by atoms with Crippen molar-refractivity contribution in [2.75, 3.05) is 13.2 Å². The zero-order valence-electron chi connectivity index (χ0n) is 15.8. The Morgan fingerprint density at radius 2 is 2.11 bits per heavy atom. The van der Waals surface area contributed by atoms with Crippen molar-refractivity contribution in [2.24, 2.45) is 11.1 Å². The molecule has 2 unspecified atom stereocenters. The third kappa shape index (κ3) is 3.72. The summed E-state index contributed by atoms with van der Waals surface area (Å²) < 4.78 is 10.9. The maximum absolute atomic E-state index is 12.6. The number of nitrogens with two attached hydrogens (primary N) is 1. The lowest BCUT2D eigenvalue weighted by molar-refractivity contribution is -0.170. The first-order chi connectivity index (χ1) is 12.8. The fourth-order valence-electron chi connectivity index (χ4n) is 3.33. The highest BCUT2D eigenvalue weighted by molar-refractivity contribution is 6.30. The first kappa shape index (κ1) is 19.8. The summed E-state index contributed by atoms with van der Waals surface area (Å²) in [5, 5.41) is 7.49. The van der Waals surface area contributed by atoms with Gasteiger partial charge in [-0.2, -0.15) is 4.98 Å². The maximum Gasteiger partial charge on any atom is 0.240 e. The van der Waals surface area contributed by atoms with E-state index < -0.39 is 11.0 Å². The van der Waals surface area contributed by atoms with Gasteiger partial charge in [-0.3, -0.25) is 4.79 Å². The lowest BCUT2D eigenvalue weighted by Gasteiger charge is -2.57. The first-order valence-electron chi connectivity index (χ1n) is 9.05. The molecule has 3 N–H and O–H groups in total. The highest BCUT2D eigenvalue weighted by atomic mass is 35.5. The second kappa shape index (κ2) is 7.58. The number of carbonyl (C=O) groups is 1. The van der Waals surface area contributed by atoms with E-state index in [9.17, 15) is 4.79 Å². The molecule has 0 bridgehead atoms. The number of nitrogens with one attached hydrogen (secondary N) is 1. The summed E-state index contributed by atoms with van der Waals surface area (Å²) >= 11 is 5.88. The second-order valence-electron chi connectivity index (χ2n) is 7.37. The van der Waals surface area contributed by atoms with Crippen molar-refractivity contribution in [3.63, 3.8) is 0 Å². The van der Waals surface area contributed by atoms with Gasteiger partial charge in [0, 0.05) is 42.0 Å². The van der Waals surface area contributed by atoms with E-state index in [1.165, 1.54) is 0 Å². The van der Waals surface area contributed by atoms with Gasteiger partial charge in [-0.1, -0.05) is 30.6 Å². The van der Waals surface area contributed by atoms with Crippen molar-refractivity contribution in [3.8, 4) is 11.4 Å². The Bertz CT molecular complexity index is 806. The van der Waals surface area contributed by atoms with Gasteiger partial charge in [-0.15, -0.1) is 0 Å². The molecule has 3 rings (SSSR count). The molecule has 0 aliphatic heterocycles. The fourth-order valence-corrected chi connectivity index (χ4v) is 3.46. The molecule has 0 radical (unpaired) electrons. The molecule has 2 atom stereocenters. The van der Waals surface area contributed by atoms with Crippen molar-refractivity contribution in [2.45, 2.75) is 45.3 Å². The molecule has 27 heavy (non-hydrogen) atoms. The van der Waals surface area contributed by atoms with Crippen LogP contribution in [0, 0.1) is 5.41 Å². The van der Waals surface area contributed by atoms with Crippen molar-refractivity contribution in [1.29, 1.82) is 0 Å². The number of hydrogen-bond acceptors (Lipinski definition) is 6. The van der Waals surface area contributed by atoms with E-state index in [1.54, 1.807) is 12.1 Å². The SMILES string of the molecule is CCOC1CC(N)(C(=O)NCCc2nc(-c3ccc(Cl)cc3)no2)C1(C)C. The quantitative estimate of drug-likeness (QED) is 0.750. The Morgan fingerprint density at radius 3 is 2.74 bits per heavy atom. The van der Waals surface area contributed by atoms with Crippen molar-refractivity contribution < 1.29 is 14.1 Å². The first-order valence-corrected chi connectivity index (χ1v) is 9.43. The monoisotopic (exact) mass is 392 g/mol. The number of hydrogen-bond donors (Lipinski definition) is 2. The van der Waals surface area contributed by atoms with E-state index in [0.29, 0.717) is 42.7 Å². The number of ether oxygens (including phenoxy) is 1. The zero-order chi connectivity index (χ0) is 19.7. The van der Waals surface area contributed by atoms with Crippen LogP contribution in [0.15, 0.2) is 28.8 Å². The minimum atomic E-state index is -0.934. The molecule has 1 aliphatic carbocycles. The average Bonchev–Trinajstić information content (AvgIpc) is 3.10. The Morgan fingerprint density at radius 1 is 1.41 bits per heavy atom. The molecule has 1 aromatic carbocycles. The predicted octanol–water partition coefficient (Wildman–Crippen LogP) is 2.58. The molecule has 1 amide bonds. The molecule has 1 aliphatic rings. The van der Waals surface area contributed by atoms with Crippen LogP contribution in [-0.2, 0) is 16.0 Å². The van der Waals surface area contributed by atoms with Crippen LogP contribution in [0.25, 0.3) is 11.4 Å². The predicted molar refractivity (Wildman–Crippen MR) is 102 cm³/mol. The summed E-state index contributed by atoms with van der Waals surface area (Å²) in [5.74, 6) is 0.759. The number of carbonyl (C=O) groups excluding carboxylic acids is 1. The van der Waals surface area contributed by atoms with Gasteiger partial charge in [0.1, 0.15) is 5.54 Å². The molecule has 0 saturated heterocycles. The van der Waals surface area contributed by atoms with Gasteiger partial charge in [0.25, 0.3) is 0 Å². The zero-order valence-corrected chi connectivity index (χ0v) is 16.5. The topological polar surface area (TPSA) is 103 Å². The summed E-state index contributed by atoms with van der Waals surface area (Å²) in [4.78, 5) is 16.9. The van der Waals surface area contributed by atoms with Gasteiger partial charge < -0.3 is 20.3 Å². The average molecular weight is 393 g/mol. The van der Waals surface area contributed by atoms with Crippen molar-refractivity contribution in [1.82, 2.24) is 15.5 Å². The van der Waals surface area contributed by atoms with Gasteiger partial charge in [0.2, 0.25) is 17.6 Å².